The van der Waals surface area contributed by atoms with Crippen molar-refractivity contribution < 1.29 is 4.79 Å². The van der Waals surface area contributed by atoms with Gasteiger partial charge in [0.05, 0.1) is 12.6 Å². The number of amides is 1. The summed E-state index contributed by atoms with van der Waals surface area (Å²) in [5.74, 6) is 2.51. The van der Waals surface area contributed by atoms with Gasteiger partial charge in [-0.25, -0.2) is 4.98 Å². The van der Waals surface area contributed by atoms with Crippen LogP contribution in [0.25, 0.3) is 0 Å². The second-order valence-electron chi connectivity index (χ2n) is 3.48. The first-order valence-electron chi connectivity index (χ1n) is 5.34. The van der Waals surface area contributed by atoms with Crippen LogP contribution in [-0.4, -0.2) is 26.7 Å². The van der Waals surface area contributed by atoms with Gasteiger partial charge in [0.25, 0.3) is 0 Å². The minimum absolute atomic E-state index is 0.0492. The molecule has 0 spiro atoms. The number of carbonyl (C=O) groups is 1. The Morgan fingerprint density at radius 2 is 2.50 bits per heavy atom. The van der Waals surface area contributed by atoms with Gasteiger partial charge >= 0.3 is 0 Å². The van der Waals surface area contributed by atoms with Crippen molar-refractivity contribution in [1.29, 1.82) is 0 Å². The summed E-state index contributed by atoms with van der Waals surface area (Å²) < 4.78 is 1.62. The number of rotatable bonds is 6. The first-order valence-corrected chi connectivity index (χ1v) is 5.34. The second kappa shape index (κ2) is 6.62. The van der Waals surface area contributed by atoms with Gasteiger partial charge in [0.1, 0.15) is 12.7 Å². The van der Waals surface area contributed by atoms with E-state index in [2.05, 4.69) is 21.3 Å². The van der Waals surface area contributed by atoms with Crippen molar-refractivity contribution >= 4 is 5.91 Å². The molecule has 0 saturated heterocycles. The van der Waals surface area contributed by atoms with Gasteiger partial charge in [0.2, 0.25) is 5.91 Å². The number of aryl methyl sites for hydroxylation is 1. The Hall–Kier alpha value is -1.83. The highest BCUT2D eigenvalue weighted by molar-refractivity contribution is 5.76. The molecule has 0 aliphatic heterocycles. The summed E-state index contributed by atoms with van der Waals surface area (Å²) in [7, 11) is 0. The Balaban J connectivity index is 2.27. The first-order chi connectivity index (χ1) is 7.76. The number of hydrogen-bond acceptors (Lipinski definition) is 3. The Morgan fingerprint density at radius 3 is 3.06 bits per heavy atom. The van der Waals surface area contributed by atoms with Crippen LogP contribution in [0.3, 0.4) is 0 Å². The molecule has 0 saturated carbocycles. The van der Waals surface area contributed by atoms with E-state index in [0.717, 1.165) is 12.8 Å². The molecule has 1 aromatic rings. The Morgan fingerprint density at radius 1 is 1.69 bits per heavy atom. The third-order valence-corrected chi connectivity index (χ3v) is 2.15. The van der Waals surface area contributed by atoms with Crippen LogP contribution in [-0.2, 0) is 11.3 Å². The van der Waals surface area contributed by atoms with Gasteiger partial charge in [-0.3, -0.25) is 9.48 Å². The Bertz CT molecular complexity index is 353. The molecule has 0 aliphatic carbocycles. The molecule has 5 heteroatoms. The lowest BCUT2D eigenvalue weighted by atomic mass is 10.2. The van der Waals surface area contributed by atoms with E-state index in [9.17, 15) is 4.79 Å². The molecule has 0 aromatic carbocycles. The summed E-state index contributed by atoms with van der Waals surface area (Å²) in [6.45, 7) is 2.56. The van der Waals surface area contributed by atoms with Crippen molar-refractivity contribution in [2.24, 2.45) is 0 Å². The summed E-state index contributed by atoms with van der Waals surface area (Å²) in [5, 5.41) is 6.70. The number of aromatic nitrogens is 3. The van der Waals surface area contributed by atoms with Gasteiger partial charge in [0, 0.05) is 6.42 Å². The van der Waals surface area contributed by atoms with Crippen LogP contribution >= 0.6 is 0 Å². The smallest absolute Gasteiger partial charge is 0.222 e. The lowest BCUT2D eigenvalue weighted by Gasteiger charge is -2.11. The van der Waals surface area contributed by atoms with Crippen LogP contribution in [0.4, 0.5) is 0 Å². The second-order valence-corrected chi connectivity index (χ2v) is 3.48. The van der Waals surface area contributed by atoms with E-state index in [4.69, 9.17) is 6.42 Å². The number of terminal acetylenes is 1. The number of hydrogen-bond donors (Lipinski definition) is 1. The number of carbonyl (C=O) groups excluding carboxylic acids is 1. The molecule has 0 bridgehead atoms. The monoisotopic (exact) mass is 220 g/mol. The van der Waals surface area contributed by atoms with Gasteiger partial charge in [-0.05, 0) is 6.42 Å². The van der Waals surface area contributed by atoms with E-state index in [-0.39, 0.29) is 11.9 Å². The fourth-order valence-corrected chi connectivity index (χ4v) is 1.32. The minimum Gasteiger partial charge on any atom is -0.342 e. The first kappa shape index (κ1) is 12.2. The molecule has 1 unspecified atom stereocenters. The summed E-state index contributed by atoms with van der Waals surface area (Å²) >= 11 is 0. The zero-order valence-electron chi connectivity index (χ0n) is 9.39. The molecular formula is C11H16N4O. The standard InChI is InChI=1S/C11H16N4O/c1-3-5-10(4-2)14-11(16)6-7-15-9-12-8-13-15/h2,8-10H,3,5-7H2,1H3,(H,14,16). The molecule has 1 amide bonds. The van der Waals surface area contributed by atoms with E-state index < -0.39 is 0 Å². The largest absolute Gasteiger partial charge is 0.342 e. The average Bonchev–Trinajstić information content (AvgIpc) is 2.78. The molecule has 86 valence electrons. The van der Waals surface area contributed by atoms with Gasteiger partial charge in [-0.15, -0.1) is 6.42 Å². The predicted molar refractivity (Wildman–Crippen MR) is 60.3 cm³/mol. The normalized spacial score (nSPS) is 11.8. The molecular weight excluding hydrogens is 204 g/mol. The fraction of sp³-hybridized carbons (Fsp3) is 0.545. The molecule has 1 rings (SSSR count). The van der Waals surface area contributed by atoms with E-state index in [1.807, 2.05) is 6.92 Å². The molecule has 0 radical (unpaired) electrons. The van der Waals surface area contributed by atoms with Crippen molar-refractivity contribution in [1.82, 2.24) is 20.1 Å². The zero-order chi connectivity index (χ0) is 11.8. The molecule has 1 aromatic heterocycles. The van der Waals surface area contributed by atoms with Crippen molar-refractivity contribution in [2.45, 2.75) is 38.8 Å². The summed E-state index contributed by atoms with van der Waals surface area (Å²) in [4.78, 5) is 15.3. The summed E-state index contributed by atoms with van der Waals surface area (Å²) in [5.41, 5.74) is 0. The van der Waals surface area contributed by atoms with Gasteiger partial charge in [0.15, 0.2) is 0 Å². The van der Waals surface area contributed by atoms with E-state index >= 15 is 0 Å². The van der Waals surface area contributed by atoms with Gasteiger partial charge in [-0.2, -0.15) is 5.10 Å². The molecule has 1 heterocycles. The molecule has 5 nitrogen and oxygen atoms in total. The SMILES string of the molecule is C#CC(CCC)NC(=O)CCn1cncn1. The van der Waals surface area contributed by atoms with Gasteiger partial charge in [-0.1, -0.05) is 19.3 Å². The quantitative estimate of drug-likeness (QED) is 0.714. The van der Waals surface area contributed by atoms with Crippen LogP contribution in [0.1, 0.15) is 26.2 Å². The molecule has 16 heavy (non-hydrogen) atoms. The Kier molecular flexibility index (Phi) is 5.06. The number of nitrogens with zero attached hydrogens (tertiary/aromatic N) is 3. The van der Waals surface area contributed by atoms with E-state index in [1.165, 1.54) is 6.33 Å². The summed E-state index contributed by atoms with van der Waals surface area (Å²) in [6, 6.07) is -0.159. The predicted octanol–water partition coefficient (Wildman–Crippen LogP) is 0.586. The molecule has 1 atom stereocenters. The van der Waals surface area contributed by atoms with Crippen molar-refractivity contribution in [3.05, 3.63) is 12.7 Å². The van der Waals surface area contributed by atoms with Crippen LogP contribution in [0.5, 0.6) is 0 Å². The zero-order valence-corrected chi connectivity index (χ0v) is 9.39. The topological polar surface area (TPSA) is 59.8 Å². The lowest BCUT2D eigenvalue weighted by Crippen LogP contribution is -2.34. The molecule has 1 N–H and O–H groups in total. The summed E-state index contributed by atoms with van der Waals surface area (Å²) in [6.07, 6.45) is 10.5. The molecule has 0 fully saturated rings. The van der Waals surface area contributed by atoms with Crippen LogP contribution in [0, 0.1) is 12.3 Å². The highest BCUT2D eigenvalue weighted by atomic mass is 16.1. The third-order valence-electron chi connectivity index (χ3n) is 2.15. The maximum absolute atomic E-state index is 11.5. The van der Waals surface area contributed by atoms with Crippen molar-refractivity contribution in [2.75, 3.05) is 0 Å². The van der Waals surface area contributed by atoms with Crippen molar-refractivity contribution in [3.63, 3.8) is 0 Å². The highest BCUT2D eigenvalue weighted by Gasteiger charge is 2.08. The lowest BCUT2D eigenvalue weighted by molar-refractivity contribution is -0.121. The fourth-order valence-electron chi connectivity index (χ4n) is 1.32. The van der Waals surface area contributed by atoms with Crippen LogP contribution in [0.15, 0.2) is 12.7 Å². The molecule has 0 aliphatic rings. The third kappa shape index (κ3) is 4.13. The average molecular weight is 220 g/mol. The maximum atomic E-state index is 11.5. The van der Waals surface area contributed by atoms with E-state index in [0.29, 0.717) is 13.0 Å². The van der Waals surface area contributed by atoms with E-state index in [1.54, 1.807) is 11.0 Å². The van der Waals surface area contributed by atoms with Crippen molar-refractivity contribution in [3.8, 4) is 12.3 Å². The Labute approximate surface area is 95.3 Å². The van der Waals surface area contributed by atoms with Gasteiger partial charge < -0.3 is 5.32 Å². The van der Waals surface area contributed by atoms with Crippen LogP contribution in [0.2, 0.25) is 0 Å². The maximum Gasteiger partial charge on any atom is 0.222 e. The highest BCUT2D eigenvalue weighted by Crippen LogP contribution is 1.96. The van der Waals surface area contributed by atoms with Crippen LogP contribution < -0.4 is 5.32 Å². The minimum atomic E-state index is -0.159. The number of nitrogens with one attached hydrogen (secondary N) is 1.